The van der Waals surface area contributed by atoms with Gasteiger partial charge in [0, 0.05) is 37.9 Å². The van der Waals surface area contributed by atoms with Gasteiger partial charge in [-0.3, -0.25) is 14.9 Å². The lowest BCUT2D eigenvalue weighted by Gasteiger charge is -2.38. The van der Waals surface area contributed by atoms with Gasteiger partial charge in [-0.25, -0.2) is 9.18 Å². The molecule has 2 aliphatic rings. The number of ether oxygens (including phenoxy) is 2. The normalized spacial score (nSPS) is 21.1. The Morgan fingerprint density at radius 2 is 1.94 bits per heavy atom. The number of carbonyl (C=O) groups excluding carboxylic acids is 2. The van der Waals surface area contributed by atoms with Crippen LogP contribution in [-0.4, -0.2) is 65.8 Å². The molecule has 1 saturated heterocycles. The summed E-state index contributed by atoms with van der Waals surface area (Å²) in [6.07, 6.45) is 1.07. The molecule has 32 heavy (non-hydrogen) atoms. The largest absolute Gasteiger partial charge is 0.444 e. The SMILES string of the molecule is CO[C@@H]1CCN(C(=O)c2cc(F)c(NC3CC3)c([N+](=O)[O-])c2)C[C@@H]1NC(=O)OC(C)(C)C. The average molecular weight is 452 g/mol. The van der Waals surface area contributed by atoms with E-state index >= 15 is 0 Å². The molecule has 1 aromatic rings. The molecule has 1 aliphatic carbocycles. The van der Waals surface area contributed by atoms with E-state index in [2.05, 4.69) is 10.6 Å². The molecular weight excluding hydrogens is 423 g/mol. The number of benzene rings is 1. The number of nitrogens with one attached hydrogen (secondary N) is 2. The Labute approximate surface area is 185 Å². The number of nitro benzene ring substituents is 1. The Balaban J connectivity index is 1.77. The highest BCUT2D eigenvalue weighted by Crippen LogP contribution is 2.34. The van der Waals surface area contributed by atoms with E-state index < -0.39 is 40.1 Å². The Bertz CT molecular complexity index is 899. The molecule has 0 unspecified atom stereocenters. The van der Waals surface area contributed by atoms with Crippen LogP contribution in [0, 0.1) is 15.9 Å². The van der Waals surface area contributed by atoms with E-state index in [1.165, 1.54) is 12.0 Å². The maximum absolute atomic E-state index is 14.7. The molecule has 3 rings (SSSR count). The summed E-state index contributed by atoms with van der Waals surface area (Å²) in [6, 6.07) is 1.56. The zero-order valence-corrected chi connectivity index (χ0v) is 18.6. The first-order valence-corrected chi connectivity index (χ1v) is 10.5. The number of piperidine rings is 1. The van der Waals surface area contributed by atoms with Crippen LogP contribution >= 0.6 is 0 Å². The van der Waals surface area contributed by atoms with E-state index in [0.717, 1.165) is 25.0 Å². The molecule has 0 bridgehead atoms. The number of nitrogens with zero attached hydrogens (tertiary/aromatic N) is 2. The summed E-state index contributed by atoms with van der Waals surface area (Å²) < 4.78 is 25.4. The number of carbonyl (C=O) groups is 2. The maximum atomic E-state index is 14.7. The Kier molecular flexibility index (Phi) is 6.87. The third-order valence-corrected chi connectivity index (χ3v) is 5.28. The van der Waals surface area contributed by atoms with Crippen molar-refractivity contribution < 1.29 is 28.4 Å². The van der Waals surface area contributed by atoms with Crippen LogP contribution in [-0.2, 0) is 9.47 Å². The number of hydrogen-bond acceptors (Lipinski definition) is 7. The van der Waals surface area contributed by atoms with Crippen molar-refractivity contribution in [3.8, 4) is 0 Å². The molecule has 0 aromatic heterocycles. The highest BCUT2D eigenvalue weighted by Gasteiger charge is 2.35. The second-order valence-corrected chi connectivity index (χ2v) is 9.09. The molecule has 0 radical (unpaired) electrons. The van der Waals surface area contributed by atoms with Crippen molar-refractivity contribution >= 4 is 23.4 Å². The first-order chi connectivity index (χ1) is 15.0. The topological polar surface area (TPSA) is 123 Å². The van der Waals surface area contributed by atoms with Crippen molar-refractivity contribution in [1.82, 2.24) is 10.2 Å². The molecule has 2 fully saturated rings. The molecule has 0 spiro atoms. The average Bonchev–Trinajstić information content (AvgIpc) is 3.51. The number of amides is 2. The molecule has 1 heterocycles. The van der Waals surface area contributed by atoms with E-state index in [1.807, 2.05) is 0 Å². The molecule has 10 nitrogen and oxygen atoms in total. The minimum absolute atomic E-state index is 0.0116. The number of methoxy groups -OCH3 is 1. The summed E-state index contributed by atoms with van der Waals surface area (Å²) in [5, 5.41) is 17.0. The minimum atomic E-state index is -0.843. The van der Waals surface area contributed by atoms with Crippen molar-refractivity contribution in [2.24, 2.45) is 0 Å². The third-order valence-electron chi connectivity index (χ3n) is 5.28. The summed E-state index contributed by atoms with van der Waals surface area (Å²) >= 11 is 0. The molecule has 1 saturated carbocycles. The van der Waals surface area contributed by atoms with Crippen molar-refractivity contribution in [2.45, 2.75) is 63.8 Å². The van der Waals surface area contributed by atoms with Gasteiger partial charge in [-0.05, 0) is 46.1 Å². The monoisotopic (exact) mass is 452 g/mol. The lowest BCUT2D eigenvalue weighted by molar-refractivity contribution is -0.384. The molecule has 2 amide bonds. The van der Waals surface area contributed by atoms with Crippen molar-refractivity contribution in [1.29, 1.82) is 0 Å². The van der Waals surface area contributed by atoms with Crippen LogP contribution in [0.15, 0.2) is 12.1 Å². The molecular formula is C21H29FN4O6. The summed E-state index contributed by atoms with van der Waals surface area (Å²) in [5.74, 6) is -1.40. The number of halogens is 1. The van der Waals surface area contributed by atoms with E-state index in [-0.39, 0.29) is 29.9 Å². The number of likely N-dealkylation sites (tertiary alicyclic amines) is 1. The van der Waals surface area contributed by atoms with Crippen molar-refractivity contribution in [2.75, 3.05) is 25.5 Å². The molecule has 1 aliphatic heterocycles. The summed E-state index contributed by atoms with van der Waals surface area (Å²) in [6.45, 7) is 5.59. The highest BCUT2D eigenvalue weighted by atomic mass is 19.1. The van der Waals surface area contributed by atoms with Gasteiger partial charge in [0.2, 0.25) is 0 Å². The number of hydrogen-bond donors (Lipinski definition) is 2. The van der Waals surface area contributed by atoms with E-state index in [9.17, 15) is 24.1 Å². The van der Waals surface area contributed by atoms with Gasteiger partial charge in [0.05, 0.1) is 17.1 Å². The van der Waals surface area contributed by atoms with Gasteiger partial charge in [0.1, 0.15) is 11.3 Å². The van der Waals surface area contributed by atoms with Gasteiger partial charge in [-0.2, -0.15) is 0 Å². The molecule has 11 heteroatoms. The smallest absolute Gasteiger partial charge is 0.408 e. The van der Waals surface area contributed by atoms with Gasteiger partial charge >= 0.3 is 6.09 Å². The van der Waals surface area contributed by atoms with Crippen LogP contribution in [0.2, 0.25) is 0 Å². The molecule has 176 valence electrons. The number of anilines is 1. The molecule has 1 aromatic carbocycles. The first kappa shape index (κ1) is 23.7. The van der Waals surface area contributed by atoms with Crippen LogP contribution in [0.5, 0.6) is 0 Å². The fourth-order valence-corrected chi connectivity index (χ4v) is 3.61. The quantitative estimate of drug-likeness (QED) is 0.502. The fraction of sp³-hybridized carbons (Fsp3) is 0.619. The van der Waals surface area contributed by atoms with Gasteiger partial charge in [-0.1, -0.05) is 0 Å². The van der Waals surface area contributed by atoms with E-state index in [1.54, 1.807) is 20.8 Å². The first-order valence-electron chi connectivity index (χ1n) is 10.5. The van der Waals surface area contributed by atoms with Gasteiger partial charge in [0.25, 0.3) is 11.6 Å². The lowest BCUT2D eigenvalue weighted by atomic mass is 10.0. The Hall–Kier alpha value is -2.95. The van der Waals surface area contributed by atoms with Crippen LogP contribution in [0.3, 0.4) is 0 Å². The van der Waals surface area contributed by atoms with E-state index in [0.29, 0.717) is 13.0 Å². The van der Waals surface area contributed by atoms with Crippen LogP contribution in [0.4, 0.5) is 20.6 Å². The third kappa shape index (κ3) is 5.84. The predicted octanol–water partition coefficient (Wildman–Crippen LogP) is 3.06. The highest BCUT2D eigenvalue weighted by molar-refractivity contribution is 5.96. The minimum Gasteiger partial charge on any atom is -0.444 e. The maximum Gasteiger partial charge on any atom is 0.408 e. The second kappa shape index (κ2) is 9.27. The zero-order valence-electron chi connectivity index (χ0n) is 18.6. The van der Waals surface area contributed by atoms with Crippen molar-refractivity contribution in [3.63, 3.8) is 0 Å². The standard InChI is InChI=1S/C21H29FN4O6/c1-21(2,3)32-20(28)24-15-11-25(8-7-17(15)31-4)19(27)12-9-14(22)18(23-13-5-6-13)16(10-12)26(29)30/h9-10,13,15,17,23H,5-8,11H2,1-4H3,(H,24,28)/t15-,17+/m0/s1. The Morgan fingerprint density at radius 3 is 2.50 bits per heavy atom. The predicted molar refractivity (Wildman–Crippen MR) is 114 cm³/mol. The fourth-order valence-electron chi connectivity index (χ4n) is 3.61. The van der Waals surface area contributed by atoms with Crippen molar-refractivity contribution in [3.05, 3.63) is 33.6 Å². The summed E-state index contributed by atoms with van der Waals surface area (Å²) in [4.78, 5) is 37.5. The molecule has 2 atom stereocenters. The number of nitro groups is 1. The summed E-state index contributed by atoms with van der Waals surface area (Å²) in [7, 11) is 1.51. The second-order valence-electron chi connectivity index (χ2n) is 9.09. The summed E-state index contributed by atoms with van der Waals surface area (Å²) in [5.41, 5.74) is -1.49. The molecule has 2 N–H and O–H groups in total. The van der Waals surface area contributed by atoms with E-state index in [4.69, 9.17) is 9.47 Å². The van der Waals surface area contributed by atoms with Gasteiger partial charge < -0.3 is 25.0 Å². The lowest BCUT2D eigenvalue weighted by Crippen LogP contribution is -2.57. The zero-order chi connectivity index (χ0) is 23.6. The van der Waals surface area contributed by atoms with Crippen LogP contribution in [0.1, 0.15) is 50.4 Å². The van der Waals surface area contributed by atoms with Gasteiger partial charge in [-0.15, -0.1) is 0 Å². The number of rotatable bonds is 6. The van der Waals surface area contributed by atoms with Crippen LogP contribution < -0.4 is 10.6 Å². The Morgan fingerprint density at radius 1 is 1.25 bits per heavy atom. The number of alkyl carbamates (subject to hydrolysis) is 1. The van der Waals surface area contributed by atoms with Gasteiger partial charge in [0.15, 0.2) is 5.82 Å². The van der Waals surface area contributed by atoms with Crippen LogP contribution in [0.25, 0.3) is 0 Å².